The summed E-state index contributed by atoms with van der Waals surface area (Å²) in [5, 5.41) is 14.2. The van der Waals surface area contributed by atoms with Gasteiger partial charge in [0.05, 0.1) is 29.5 Å². The van der Waals surface area contributed by atoms with E-state index in [1.807, 2.05) is 24.5 Å². The molecule has 0 aliphatic rings. The summed E-state index contributed by atoms with van der Waals surface area (Å²) in [5.74, 6) is -0.475. The molecular formula is C28H33N5O5S. The Labute approximate surface area is 228 Å². The molecule has 1 atom stereocenters. The highest BCUT2D eigenvalue weighted by Gasteiger charge is 2.21. The molecule has 10 nitrogen and oxygen atoms in total. The van der Waals surface area contributed by atoms with Gasteiger partial charge in [0, 0.05) is 24.3 Å². The van der Waals surface area contributed by atoms with Crippen molar-refractivity contribution in [1.82, 2.24) is 19.9 Å². The van der Waals surface area contributed by atoms with Gasteiger partial charge in [0.1, 0.15) is 0 Å². The van der Waals surface area contributed by atoms with E-state index in [1.54, 1.807) is 61.8 Å². The fourth-order valence-electron chi connectivity index (χ4n) is 4.05. The molecule has 4 rings (SSSR count). The number of ether oxygens (including phenoxy) is 1. The summed E-state index contributed by atoms with van der Waals surface area (Å²) in [5.41, 5.74) is 2.15. The molecule has 39 heavy (non-hydrogen) atoms. The lowest BCUT2D eigenvalue weighted by Gasteiger charge is -2.28. The zero-order chi connectivity index (χ0) is 28.0. The van der Waals surface area contributed by atoms with E-state index in [9.17, 15) is 18.3 Å². The zero-order valence-corrected chi connectivity index (χ0v) is 23.0. The van der Waals surface area contributed by atoms with Crippen molar-refractivity contribution < 1.29 is 23.1 Å². The molecule has 0 amide bonds. The van der Waals surface area contributed by atoms with E-state index in [0.29, 0.717) is 23.4 Å². The highest BCUT2D eigenvalue weighted by Crippen LogP contribution is 2.22. The third kappa shape index (κ3) is 7.20. The van der Waals surface area contributed by atoms with Crippen LogP contribution in [-0.4, -0.2) is 52.7 Å². The number of imidazole rings is 1. The van der Waals surface area contributed by atoms with Crippen molar-refractivity contribution in [2.75, 3.05) is 17.9 Å². The van der Waals surface area contributed by atoms with Gasteiger partial charge in [0.25, 0.3) is 10.0 Å². The van der Waals surface area contributed by atoms with Gasteiger partial charge >= 0.3 is 5.97 Å². The van der Waals surface area contributed by atoms with E-state index in [4.69, 9.17) is 4.74 Å². The Morgan fingerprint density at radius 3 is 2.62 bits per heavy atom. The lowest BCUT2D eigenvalue weighted by molar-refractivity contribution is 0.0520. The number of aromatic nitrogens is 3. The predicted molar refractivity (Wildman–Crippen MR) is 149 cm³/mol. The topological polar surface area (TPSA) is 135 Å². The molecule has 206 valence electrons. The quantitative estimate of drug-likeness (QED) is 0.226. The predicted octanol–water partition coefficient (Wildman–Crippen LogP) is 3.90. The number of sulfonamides is 1. The number of anilines is 1. The van der Waals surface area contributed by atoms with Crippen LogP contribution in [0.5, 0.6) is 0 Å². The van der Waals surface area contributed by atoms with Crippen molar-refractivity contribution in [2.45, 2.75) is 50.3 Å². The number of pyridine rings is 1. The molecule has 4 aromatic rings. The fourth-order valence-corrected chi connectivity index (χ4v) is 5.12. The first-order valence-corrected chi connectivity index (χ1v) is 14.2. The Hall–Kier alpha value is -3.80. The highest BCUT2D eigenvalue weighted by molar-refractivity contribution is 7.92. The molecule has 1 unspecified atom stereocenters. The second-order valence-electron chi connectivity index (χ2n) is 9.77. The Morgan fingerprint density at radius 1 is 1.10 bits per heavy atom. The monoisotopic (exact) mass is 551 g/mol. The van der Waals surface area contributed by atoms with E-state index in [2.05, 4.69) is 20.0 Å². The fraction of sp³-hybridized carbons (Fsp3) is 0.321. The van der Waals surface area contributed by atoms with Crippen molar-refractivity contribution >= 4 is 32.8 Å². The number of nitrogens with one attached hydrogen (secondary N) is 2. The van der Waals surface area contributed by atoms with Crippen LogP contribution in [0.25, 0.3) is 11.2 Å². The van der Waals surface area contributed by atoms with Gasteiger partial charge in [-0.2, -0.15) is 0 Å². The first kappa shape index (κ1) is 28.2. The minimum Gasteiger partial charge on any atom is -0.461 e. The first-order chi connectivity index (χ1) is 18.6. The molecule has 0 radical (unpaired) electrons. The minimum absolute atomic E-state index is 0.167. The van der Waals surface area contributed by atoms with Crippen LogP contribution in [-0.2, 0) is 21.3 Å². The normalized spacial score (nSPS) is 12.8. The first-order valence-electron chi connectivity index (χ1n) is 12.7. The number of nitrogens with zero attached hydrogens (tertiary/aromatic N) is 3. The molecule has 0 aliphatic heterocycles. The van der Waals surface area contributed by atoms with Crippen LogP contribution < -0.4 is 10.0 Å². The number of hydrogen-bond acceptors (Lipinski definition) is 8. The van der Waals surface area contributed by atoms with Crippen LogP contribution >= 0.6 is 0 Å². The summed E-state index contributed by atoms with van der Waals surface area (Å²) in [4.78, 5) is 20.7. The molecule has 3 N–H and O–H groups in total. The van der Waals surface area contributed by atoms with E-state index < -0.39 is 22.1 Å². The summed E-state index contributed by atoms with van der Waals surface area (Å²) in [6, 6.07) is 18.3. The van der Waals surface area contributed by atoms with Gasteiger partial charge in [-0.25, -0.2) is 23.2 Å². The third-order valence-corrected chi connectivity index (χ3v) is 7.69. The molecule has 11 heteroatoms. The number of aryl methyl sites for hydroxylation is 1. The largest absolute Gasteiger partial charge is 0.461 e. The summed E-state index contributed by atoms with van der Waals surface area (Å²) < 4.78 is 34.8. The van der Waals surface area contributed by atoms with Gasteiger partial charge < -0.3 is 19.7 Å². The number of aliphatic hydroxyl groups is 1. The number of aliphatic hydroxyl groups excluding tert-OH is 1. The van der Waals surface area contributed by atoms with Crippen molar-refractivity contribution in [1.29, 1.82) is 0 Å². The number of fused-ring (bicyclic) bond motifs is 1. The molecular weight excluding hydrogens is 518 g/mol. The van der Waals surface area contributed by atoms with Crippen LogP contribution in [0.4, 0.5) is 5.69 Å². The Balaban J connectivity index is 1.34. The van der Waals surface area contributed by atoms with Crippen LogP contribution in [0.2, 0.25) is 0 Å². The van der Waals surface area contributed by atoms with Crippen LogP contribution in [0.3, 0.4) is 0 Å². The minimum atomic E-state index is -3.73. The molecule has 2 aromatic carbocycles. The Morgan fingerprint density at radius 2 is 1.87 bits per heavy atom. The van der Waals surface area contributed by atoms with Gasteiger partial charge in [0.15, 0.2) is 11.3 Å². The van der Waals surface area contributed by atoms with E-state index in [1.165, 1.54) is 12.1 Å². The third-order valence-electron chi connectivity index (χ3n) is 6.30. The SMILES string of the molecule is CCOC(=O)c1ccc2c(ncn2CCC(C)(C)NCC(O)c2cccc(NS(=O)(=O)c3ccccc3)c2)n1. The van der Waals surface area contributed by atoms with Gasteiger partial charge in [-0.05, 0) is 69.2 Å². The summed E-state index contributed by atoms with van der Waals surface area (Å²) >= 11 is 0. The number of hydrogen-bond donors (Lipinski definition) is 3. The summed E-state index contributed by atoms with van der Waals surface area (Å²) in [6.07, 6.45) is 1.58. The lowest BCUT2D eigenvalue weighted by Crippen LogP contribution is -2.42. The van der Waals surface area contributed by atoms with Crippen molar-refractivity contribution in [3.05, 3.63) is 84.3 Å². The number of benzene rings is 2. The maximum atomic E-state index is 12.6. The summed E-state index contributed by atoms with van der Waals surface area (Å²) in [7, 11) is -3.73. The highest BCUT2D eigenvalue weighted by atomic mass is 32.2. The molecule has 0 saturated heterocycles. The van der Waals surface area contributed by atoms with Gasteiger partial charge in [-0.3, -0.25) is 4.72 Å². The molecule has 2 heterocycles. The molecule has 0 bridgehead atoms. The van der Waals surface area contributed by atoms with Crippen molar-refractivity contribution in [2.24, 2.45) is 0 Å². The number of carbonyl (C=O) groups is 1. The molecule has 0 aliphatic carbocycles. The second-order valence-corrected chi connectivity index (χ2v) is 11.5. The Bertz CT molecular complexity index is 1540. The molecule has 0 fully saturated rings. The van der Waals surface area contributed by atoms with Crippen LogP contribution in [0.15, 0.2) is 78.0 Å². The van der Waals surface area contributed by atoms with Gasteiger partial charge in [-0.15, -0.1) is 0 Å². The lowest BCUT2D eigenvalue weighted by atomic mass is 9.99. The molecule has 0 saturated carbocycles. The average Bonchev–Trinajstić information content (AvgIpc) is 3.33. The van der Waals surface area contributed by atoms with E-state index in [-0.39, 0.29) is 29.3 Å². The maximum absolute atomic E-state index is 12.6. The number of carbonyl (C=O) groups excluding carboxylic acids is 1. The zero-order valence-electron chi connectivity index (χ0n) is 22.2. The maximum Gasteiger partial charge on any atom is 0.357 e. The number of rotatable bonds is 12. The van der Waals surface area contributed by atoms with Gasteiger partial charge in [-0.1, -0.05) is 30.3 Å². The van der Waals surface area contributed by atoms with Crippen LogP contribution in [0, 0.1) is 0 Å². The van der Waals surface area contributed by atoms with Crippen LogP contribution in [0.1, 0.15) is 49.3 Å². The number of esters is 1. The molecule has 2 aromatic heterocycles. The second kappa shape index (κ2) is 11.9. The Kier molecular flexibility index (Phi) is 8.63. The van der Waals surface area contributed by atoms with Crippen molar-refractivity contribution in [3.8, 4) is 0 Å². The standard InChI is InChI=1S/C28H33N5O5S/c1-4-38-27(35)23-13-14-24-26(31-23)29-19-33(24)16-15-28(2,3)30-18-25(34)20-9-8-10-21(17-20)32-39(36,37)22-11-6-5-7-12-22/h5-14,17,19,25,30,32,34H,4,15-16,18H2,1-3H3. The molecule has 0 spiro atoms. The van der Waals surface area contributed by atoms with Gasteiger partial charge in [0.2, 0.25) is 0 Å². The summed E-state index contributed by atoms with van der Waals surface area (Å²) in [6.45, 7) is 7.03. The van der Waals surface area contributed by atoms with Crippen molar-refractivity contribution in [3.63, 3.8) is 0 Å². The smallest absolute Gasteiger partial charge is 0.357 e. The van der Waals surface area contributed by atoms with E-state index >= 15 is 0 Å². The average molecular weight is 552 g/mol. The van der Waals surface area contributed by atoms with E-state index in [0.717, 1.165) is 11.9 Å². The number of β-amino-alcohol motifs (C(OH)–C–C–N with tert-alkyl or cyclic N) is 1.